The lowest BCUT2D eigenvalue weighted by atomic mass is 10.3. The summed E-state index contributed by atoms with van der Waals surface area (Å²) in [5.41, 5.74) is 0. The van der Waals surface area contributed by atoms with Crippen LogP contribution >= 0.6 is 23.4 Å². The molecule has 17 heavy (non-hydrogen) atoms. The zero-order chi connectivity index (χ0) is 13.1. The van der Waals surface area contributed by atoms with Crippen LogP contribution in [0.4, 0.5) is 4.39 Å². The summed E-state index contributed by atoms with van der Waals surface area (Å²) < 4.78 is 14.5. The van der Waals surface area contributed by atoms with E-state index in [4.69, 9.17) is 11.6 Å². The largest absolute Gasteiger partial charge is 0.206 e. The number of thioether (sulfide) groups is 1. The summed E-state index contributed by atoms with van der Waals surface area (Å²) in [6.07, 6.45) is 1.91. The molecule has 1 rings (SSSR count). The van der Waals surface area contributed by atoms with Gasteiger partial charge in [-0.15, -0.1) is 11.8 Å². The fraction of sp³-hybridized carbons (Fsp3) is 0.538. The molecule has 4 heteroatoms. The van der Waals surface area contributed by atoms with Crippen molar-refractivity contribution < 1.29 is 4.39 Å². The molecule has 0 radical (unpaired) electrons. The second kappa shape index (κ2) is 6.25. The maximum absolute atomic E-state index is 14.5. The van der Waals surface area contributed by atoms with Gasteiger partial charge in [-0.1, -0.05) is 50.5 Å². The van der Waals surface area contributed by atoms with Gasteiger partial charge in [-0.3, -0.25) is 0 Å². The van der Waals surface area contributed by atoms with Gasteiger partial charge in [-0.25, -0.2) is 4.39 Å². The molecule has 1 aromatic rings. The predicted octanol–water partition coefficient (Wildman–Crippen LogP) is 4.92. The molecule has 96 valence electrons. The van der Waals surface area contributed by atoms with Gasteiger partial charge in [0.1, 0.15) is 5.82 Å². The van der Waals surface area contributed by atoms with E-state index >= 15 is 0 Å². The van der Waals surface area contributed by atoms with Crippen LogP contribution in [0.5, 0.6) is 0 Å². The van der Waals surface area contributed by atoms with Crippen LogP contribution in [0, 0.1) is 5.82 Å². The second-order valence-electron chi connectivity index (χ2n) is 4.28. The normalized spacial score (nSPS) is 11.9. The summed E-state index contributed by atoms with van der Waals surface area (Å²) in [5.74, 6) is -0.0674. The molecule has 0 nitrogen and oxygen atoms in total. The zero-order valence-corrected chi connectivity index (χ0v) is 13.5. The lowest BCUT2D eigenvalue weighted by Crippen LogP contribution is -2.48. The van der Waals surface area contributed by atoms with Crippen molar-refractivity contribution in [3.8, 4) is 0 Å². The molecule has 0 heterocycles. The van der Waals surface area contributed by atoms with Crippen LogP contribution < -0.4 is 5.19 Å². The van der Waals surface area contributed by atoms with Crippen LogP contribution in [0.1, 0.15) is 20.8 Å². The van der Waals surface area contributed by atoms with Gasteiger partial charge in [0, 0.05) is 9.92 Å². The smallest absolute Gasteiger partial charge is 0.137 e. The Hall–Kier alpha value is 0.00688. The molecule has 0 fully saturated rings. The van der Waals surface area contributed by atoms with E-state index in [0.717, 1.165) is 28.2 Å². The third-order valence-corrected chi connectivity index (χ3v) is 10.7. The molecule has 0 N–H and O–H groups in total. The van der Waals surface area contributed by atoms with Gasteiger partial charge >= 0.3 is 0 Å². The highest BCUT2D eigenvalue weighted by Crippen LogP contribution is 2.29. The first kappa shape index (κ1) is 15.1. The number of hydrogen-bond acceptors (Lipinski definition) is 1. The molecule has 0 aliphatic rings. The Morgan fingerprint density at radius 2 is 1.71 bits per heavy atom. The first-order valence-electron chi connectivity index (χ1n) is 6.08. The van der Waals surface area contributed by atoms with E-state index in [9.17, 15) is 4.39 Å². The average molecular weight is 291 g/mol. The molecule has 0 saturated heterocycles. The minimum Gasteiger partial charge on any atom is -0.206 e. The minimum atomic E-state index is -1.75. The monoisotopic (exact) mass is 290 g/mol. The second-order valence-corrected chi connectivity index (χ2v) is 10.7. The SMILES string of the molecule is CC[Si](CC)(CC)c1c(Cl)ccc(SC)c1F. The first-order chi connectivity index (χ1) is 8.06. The third-order valence-electron chi connectivity index (χ3n) is 3.84. The van der Waals surface area contributed by atoms with E-state index in [-0.39, 0.29) is 5.82 Å². The van der Waals surface area contributed by atoms with Crippen molar-refractivity contribution in [2.24, 2.45) is 0 Å². The van der Waals surface area contributed by atoms with Crippen LogP contribution in [-0.2, 0) is 0 Å². The Kier molecular flexibility index (Phi) is 5.54. The van der Waals surface area contributed by atoms with E-state index < -0.39 is 8.07 Å². The topological polar surface area (TPSA) is 0 Å². The van der Waals surface area contributed by atoms with Crippen LogP contribution in [0.15, 0.2) is 17.0 Å². The Morgan fingerprint density at radius 1 is 1.18 bits per heavy atom. The predicted molar refractivity (Wildman–Crippen MR) is 80.0 cm³/mol. The molecule has 0 bridgehead atoms. The average Bonchev–Trinajstić information content (AvgIpc) is 2.35. The number of halogens is 2. The van der Waals surface area contributed by atoms with Crippen molar-refractivity contribution in [3.05, 3.63) is 23.0 Å². The zero-order valence-electron chi connectivity index (χ0n) is 10.9. The first-order valence-corrected chi connectivity index (χ1v) is 10.3. The number of benzene rings is 1. The van der Waals surface area contributed by atoms with Gasteiger partial charge in [-0.05, 0) is 23.6 Å². The van der Waals surface area contributed by atoms with E-state index in [0.29, 0.717) is 5.02 Å². The van der Waals surface area contributed by atoms with Gasteiger partial charge in [-0.2, -0.15) is 0 Å². The summed E-state index contributed by atoms with van der Waals surface area (Å²) in [7, 11) is -1.75. The van der Waals surface area contributed by atoms with Crippen molar-refractivity contribution in [1.29, 1.82) is 0 Å². The van der Waals surface area contributed by atoms with Crippen molar-refractivity contribution in [2.45, 2.75) is 43.8 Å². The molecule has 0 unspecified atom stereocenters. The van der Waals surface area contributed by atoms with Crippen molar-refractivity contribution >= 4 is 36.6 Å². The molecular formula is C13H20ClFSSi. The minimum absolute atomic E-state index is 0.0674. The highest BCUT2D eigenvalue weighted by Gasteiger charge is 2.34. The van der Waals surface area contributed by atoms with E-state index in [2.05, 4.69) is 20.8 Å². The molecule has 0 aliphatic heterocycles. The standard InChI is InChI=1S/C13H20ClFSSi/c1-5-17(6-2,7-3)13-10(14)8-9-11(16-4)12(13)15/h8-9H,5-7H2,1-4H3. The maximum atomic E-state index is 14.5. The van der Waals surface area contributed by atoms with Crippen LogP contribution in [0.3, 0.4) is 0 Å². The van der Waals surface area contributed by atoms with Gasteiger partial charge < -0.3 is 0 Å². The molecule has 0 aliphatic carbocycles. The summed E-state index contributed by atoms with van der Waals surface area (Å²) >= 11 is 7.72. The molecule has 0 amide bonds. The van der Waals surface area contributed by atoms with E-state index in [1.54, 1.807) is 6.07 Å². The fourth-order valence-electron chi connectivity index (χ4n) is 2.46. The Bertz CT molecular complexity index is 383. The van der Waals surface area contributed by atoms with Gasteiger partial charge in [0.2, 0.25) is 0 Å². The highest BCUT2D eigenvalue weighted by atomic mass is 35.5. The molecule has 0 spiro atoms. The highest BCUT2D eigenvalue weighted by molar-refractivity contribution is 7.98. The van der Waals surface area contributed by atoms with Crippen LogP contribution in [0.2, 0.25) is 23.2 Å². The number of hydrogen-bond donors (Lipinski definition) is 0. The van der Waals surface area contributed by atoms with Crippen molar-refractivity contribution in [2.75, 3.05) is 6.26 Å². The van der Waals surface area contributed by atoms with Gasteiger partial charge in [0.25, 0.3) is 0 Å². The summed E-state index contributed by atoms with van der Waals surface area (Å²) in [4.78, 5) is 0.719. The quantitative estimate of drug-likeness (QED) is 0.548. The molecular weight excluding hydrogens is 271 g/mol. The van der Waals surface area contributed by atoms with E-state index in [1.807, 2.05) is 12.3 Å². The van der Waals surface area contributed by atoms with Crippen LogP contribution in [-0.4, -0.2) is 14.3 Å². The Labute approximate surface area is 114 Å². The lowest BCUT2D eigenvalue weighted by molar-refractivity contribution is 0.609. The molecule has 1 aromatic carbocycles. The Morgan fingerprint density at radius 3 is 2.12 bits per heavy atom. The molecule has 0 atom stereocenters. The summed E-state index contributed by atoms with van der Waals surface area (Å²) in [5, 5.41) is 1.47. The lowest BCUT2D eigenvalue weighted by Gasteiger charge is -2.30. The molecule has 0 aromatic heterocycles. The fourth-order valence-corrected chi connectivity index (χ4v) is 7.53. The number of rotatable bonds is 5. The van der Waals surface area contributed by atoms with Gasteiger partial charge in [0.05, 0.1) is 8.07 Å². The third kappa shape index (κ3) is 2.72. The van der Waals surface area contributed by atoms with Crippen molar-refractivity contribution in [3.63, 3.8) is 0 Å². The van der Waals surface area contributed by atoms with Gasteiger partial charge in [0.15, 0.2) is 0 Å². The molecule has 0 saturated carbocycles. The van der Waals surface area contributed by atoms with Crippen molar-refractivity contribution in [1.82, 2.24) is 0 Å². The van der Waals surface area contributed by atoms with E-state index in [1.165, 1.54) is 11.8 Å². The Balaban J connectivity index is 3.46. The summed E-state index contributed by atoms with van der Waals surface area (Å²) in [6, 6.07) is 6.79. The maximum Gasteiger partial charge on any atom is 0.137 e. The van der Waals surface area contributed by atoms with Crippen LogP contribution in [0.25, 0.3) is 0 Å². The summed E-state index contributed by atoms with van der Waals surface area (Å²) in [6.45, 7) is 6.50.